The van der Waals surface area contributed by atoms with Gasteiger partial charge in [-0.1, -0.05) is 17.7 Å². The molecule has 0 aliphatic rings. The maximum atomic E-state index is 12.0. The van der Waals surface area contributed by atoms with Gasteiger partial charge < -0.3 is 5.32 Å². The lowest BCUT2D eigenvalue weighted by atomic mass is 10.2. The molecule has 0 spiro atoms. The van der Waals surface area contributed by atoms with E-state index < -0.39 is 10.0 Å². The molecular weight excluding hydrogens is 300 g/mol. The van der Waals surface area contributed by atoms with Crippen molar-refractivity contribution in [2.24, 2.45) is 0 Å². The number of carbonyl (C=O) groups excluding carboxylic acids is 1. The van der Waals surface area contributed by atoms with Gasteiger partial charge in [-0.3, -0.25) is 4.79 Å². The van der Waals surface area contributed by atoms with Gasteiger partial charge in [0.25, 0.3) is 0 Å². The zero-order valence-electron chi connectivity index (χ0n) is 11.6. The molecule has 0 radical (unpaired) electrons. The number of unbranched alkanes of at least 4 members (excludes halogenated alkanes) is 1. The Morgan fingerprint density at radius 1 is 1.25 bits per heavy atom. The van der Waals surface area contributed by atoms with Crippen molar-refractivity contribution in [2.45, 2.75) is 31.6 Å². The van der Waals surface area contributed by atoms with Gasteiger partial charge in [0.2, 0.25) is 15.9 Å². The maximum Gasteiger partial charge on any atom is 0.240 e. The van der Waals surface area contributed by atoms with Gasteiger partial charge in [0.1, 0.15) is 0 Å². The summed E-state index contributed by atoms with van der Waals surface area (Å²) >= 11 is 5.92. The minimum Gasteiger partial charge on any atom is -0.356 e. The summed E-state index contributed by atoms with van der Waals surface area (Å²) < 4.78 is 26.5. The van der Waals surface area contributed by atoms with E-state index in [4.69, 9.17) is 11.6 Å². The first-order valence-corrected chi connectivity index (χ1v) is 8.19. The number of sulfonamides is 1. The van der Waals surface area contributed by atoms with Crippen LogP contribution in [-0.2, 0) is 14.8 Å². The normalized spacial score (nSPS) is 11.3. The fraction of sp³-hybridized carbons (Fsp3) is 0.462. The molecule has 1 amide bonds. The van der Waals surface area contributed by atoms with Crippen molar-refractivity contribution in [1.29, 1.82) is 0 Å². The summed E-state index contributed by atoms with van der Waals surface area (Å²) in [6.45, 7) is 4.14. The maximum absolute atomic E-state index is 12.0. The number of carbonyl (C=O) groups is 1. The van der Waals surface area contributed by atoms with Gasteiger partial charge in [0, 0.05) is 25.0 Å². The first-order valence-electron chi connectivity index (χ1n) is 6.33. The second-order valence-corrected chi connectivity index (χ2v) is 6.67. The van der Waals surface area contributed by atoms with E-state index in [0.29, 0.717) is 24.5 Å². The van der Waals surface area contributed by atoms with Crippen LogP contribution < -0.4 is 10.0 Å². The SMILES string of the molecule is CC(=O)NCCCCNS(=O)(=O)c1ccc(C)c(Cl)c1. The van der Waals surface area contributed by atoms with E-state index in [1.807, 2.05) is 6.92 Å². The van der Waals surface area contributed by atoms with Crippen LogP contribution in [0.1, 0.15) is 25.3 Å². The van der Waals surface area contributed by atoms with Crippen molar-refractivity contribution in [3.05, 3.63) is 28.8 Å². The fourth-order valence-corrected chi connectivity index (χ4v) is 2.89. The second kappa shape index (κ2) is 7.61. The molecule has 0 bridgehead atoms. The quantitative estimate of drug-likeness (QED) is 0.753. The molecule has 0 aliphatic carbocycles. The van der Waals surface area contributed by atoms with E-state index in [1.54, 1.807) is 6.07 Å². The van der Waals surface area contributed by atoms with Crippen molar-refractivity contribution < 1.29 is 13.2 Å². The van der Waals surface area contributed by atoms with Crippen LogP contribution in [0.5, 0.6) is 0 Å². The second-order valence-electron chi connectivity index (χ2n) is 4.50. The third-order valence-electron chi connectivity index (χ3n) is 2.72. The number of benzene rings is 1. The molecule has 1 rings (SSSR count). The highest BCUT2D eigenvalue weighted by Crippen LogP contribution is 2.19. The van der Waals surface area contributed by atoms with Crippen LogP contribution in [0.2, 0.25) is 5.02 Å². The molecule has 0 fully saturated rings. The van der Waals surface area contributed by atoms with E-state index in [9.17, 15) is 13.2 Å². The summed E-state index contributed by atoms with van der Waals surface area (Å²) in [4.78, 5) is 10.8. The number of amides is 1. The molecule has 1 aromatic rings. The minimum absolute atomic E-state index is 0.0834. The van der Waals surface area contributed by atoms with Crippen molar-refractivity contribution in [3.8, 4) is 0 Å². The van der Waals surface area contributed by atoms with Crippen LogP contribution >= 0.6 is 11.6 Å². The number of halogens is 1. The number of hydrogen-bond acceptors (Lipinski definition) is 3. The Hall–Kier alpha value is -1.11. The molecule has 5 nitrogen and oxygen atoms in total. The fourth-order valence-electron chi connectivity index (χ4n) is 1.55. The predicted octanol–water partition coefficient (Wildman–Crippen LogP) is 1.84. The molecule has 0 saturated carbocycles. The monoisotopic (exact) mass is 318 g/mol. The van der Waals surface area contributed by atoms with Crippen LogP contribution in [0, 0.1) is 6.92 Å². The van der Waals surface area contributed by atoms with Gasteiger partial charge >= 0.3 is 0 Å². The molecule has 0 unspecified atom stereocenters. The van der Waals surface area contributed by atoms with Crippen LogP contribution in [0.15, 0.2) is 23.1 Å². The Morgan fingerprint density at radius 2 is 1.90 bits per heavy atom. The van der Waals surface area contributed by atoms with Crippen molar-refractivity contribution >= 4 is 27.5 Å². The van der Waals surface area contributed by atoms with Gasteiger partial charge in [-0.05, 0) is 37.5 Å². The molecular formula is C13H19ClN2O3S. The molecule has 20 heavy (non-hydrogen) atoms. The number of nitrogens with one attached hydrogen (secondary N) is 2. The highest BCUT2D eigenvalue weighted by Gasteiger charge is 2.14. The van der Waals surface area contributed by atoms with E-state index in [0.717, 1.165) is 12.0 Å². The van der Waals surface area contributed by atoms with Crippen molar-refractivity contribution in [3.63, 3.8) is 0 Å². The van der Waals surface area contributed by atoms with Gasteiger partial charge in [-0.2, -0.15) is 0 Å². The van der Waals surface area contributed by atoms with Crippen molar-refractivity contribution in [1.82, 2.24) is 10.0 Å². The molecule has 0 saturated heterocycles. The molecule has 7 heteroatoms. The molecule has 0 heterocycles. The first kappa shape index (κ1) is 16.9. The number of rotatable bonds is 7. The third-order valence-corrected chi connectivity index (χ3v) is 4.59. The highest BCUT2D eigenvalue weighted by atomic mass is 35.5. The Morgan fingerprint density at radius 3 is 2.50 bits per heavy atom. The van der Waals surface area contributed by atoms with Crippen LogP contribution in [0.4, 0.5) is 0 Å². The lowest BCUT2D eigenvalue weighted by Gasteiger charge is -2.08. The zero-order valence-corrected chi connectivity index (χ0v) is 13.1. The summed E-state index contributed by atoms with van der Waals surface area (Å²) in [6.07, 6.45) is 1.37. The first-order chi connectivity index (χ1) is 9.33. The zero-order chi connectivity index (χ0) is 15.2. The molecule has 2 N–H and O–H groups in total. The van der Waals surface area contributed by atoms with Gasteiger partial charge in [-0.25, -0.2) is 13.1 Å². The van der Waals surface area contributed by atoms with Gasteiger partial charge in [-0.15, -0.1) is 0 Å². The Kier molecular flexibility index (Phi) is 6.45. The van der Waals surface area contributed by atoms with E-state index in [1.165, 1.54) is 19.1 Å². The van der Waals surface area contributed by atoms with Crippen molar-refractivity contribution in [2.75, 3.05) is 13.1 Å². The van der Waals surface area contributed by atoms with E-state index >= 15 is 0 Å². The molecule has 1 aromatic carbocycles. The topological polar surface area (TPSA) is 75.3 Å². The Labute approximate surface area is 124 Å². The largest absolute Gasteiger partial charge is 0.356 e. The third kappa shape index (κ3) is 5.48. The Bertz CT molecular complexity index is 573. The summed E-state index contributed by atoms with van der Waals surface area (Å²) in [6, 6.07) is 4.64. The predicted molar refractivity (Wildman–Crippen MR) is 79.3 cm³/mol. The highest BCUT2D eigenvalue weighted by molar-refractivity contribution is 7.89. The lowest BCUT2D eigenvalue weighted by Crippen LogP contribution is -2.26. The lowest BCUT2D eigenvalue weighted by molar-refractivity contribution is -0.118. The van der Waals surface area contributed by atoms with E-state index in [-0.39, 0.29) is 10.8 Å². The minimum atomic E-state index is -3.52. The smallest absolute Gasteiger partial charge is 0.240 e. The summed E-state index contributed by atoms with van der Waals surface area (Å²) in [5.41, 5.74) is 0.834. The molecule has 0 aliphatic heterocycles. The summed E-state index contributed by atoms with van der Waals surface area (Å²) in [5, 5.41) is 3.08. The Balaban J connectivity index is 2.45. The molecule has 112 valence electrons. The summed E-state index contributed by atoms with van der Waals surface area (Å²) in [7, 11) is -3.52. The number of aryl methyl sites for hydroxylation is 1. The van der Waals surface area contributed by atoms with E-state index in [2.05, 4.69) is 10.0 Å². The van der Waals surface area contributed by atoms with Crippen LogP contribution in [0.3, 0.4) is 0 Å². The van der Waals surface area contributed by atoms with Gasteiger partial charge in [0.15, 0.2) is 0 Å². The standard InChI is InChI=1S/C13H19ClN2O3S/c1-10-5-6-12(9-13(10)14)20(18,19)16-8-4-3-7-15-11(2)17/h5-6,9,16H,3-4,7-8H2,1-2H3,(H,15,17). The van der Waals surface area contributed by atoms with Gasteiger partial charge in [0.05, 0.1) is 4.90 Å². The molecule has 0 atom stereocenters. The average molecular weight is 319 g/mol. The summed E-state index contributed by atoms with van der Waals surface area (Å²) in [5.74, 6) is -0.0834. The number of hydrogen-bond donors (Lipinski definition) is 2. The van der Waals surface area contributed by atoms with Crippen LogP contribution in [0.25, 0.3) is 0 Å². The molecule has 0 aromatic heterocycles. The van der Waals surface area contributed by atoms with Crippen LogP contribution in [-0.4, -0.2) is 27.4 Å². The average Bonchev–Trinajstić information content (AvgIpc) is 2.36.